The second-order valence-electron chi connectivity index (χ2n) is 7.28. The SMILES string of the molecule is O=C(COc1ccccc1Cl)Nc1cc(N2CCN(Cc3ccccc3)CC2)ncn1. The molecule has 1 fully saturated rings. The molecule has 31 heavy (non-hydrogen) atoms. The van der Waals surface area contributed by atoms with Gasteiger partial charge in [0.2, 0.25) is 0 Å². The first-order valence-corrected chi connectivity index (χ1v) is 10.6. The van der Waals surface area contributed by atoms with Crippen LogP contribution in [0.25, 0.3) is 0 Å². The van der Waals surface area contributed by atoms with Crippen LogP contribution in [0.1, 0.15) is 5.56 Å². The van der Waals surface area contributed by atoms with E-state index in [-0.39, 0.29) is 12.5 Å². The number of ether oxygens (including phenoxy) is 1. The summed E-state index contributed by atoms with van der Waals surface area (Å²) >= 11 is 6.04. The zero-order valence-electron chi connectivity index (χ0n) is 17.1. The van der Waals surface area contributed by atoms with Crippen LogP contribution in [0.5, 0.6) is 5.75 Å². The predicted octanol–water partition coefficient (Wildman–Crippen LogP) is 3.47. The van der Waals surface area contributed by atoms with Gasteiger partial charge in [0.15, 0.2) is 6.61 Å². The summed E-state index contributed by atoms with van der Waals surface area (Å²) in [4.78, 5) is 25.4. The van der Waals surface area contributed by atoms with Gasteiger partial charge in [-0.05, 0) is 17.7 Å². The maximum Gasteiger partial charge on any atom is 0.263 e. The smallest absolute Gasteiger partial charge is 0.263 e. The molecular formula is C23H24ClN5O2. The summed E-state index contributed by atoms with van der Waals surface area (Å²) in [5.74, 6) is 1.41. The highest BCUT2D eigenvalue weighted by Gasteiger charge is 2.19. The lowest BCUT2D eigenvalue weighted by Crippen LogP contribution is -2.46. The highest BCUT2D eigenvalue weighted by atomic mass is 35.5. The highest BCUT2D eigenvalue weighted by Crippen LogP contribution is 2.23. The molecule has 0 unspecified atom stereocenters. The van der Waals surface area contributed by atoms with E-state index >= 15 is 0 Å². The second kappa shape index (κ2) is 10.2. The zero-order valence-corrected chi connectivity index (χ0v) is 17.8. The van der Waals surface area contributed by atoms with Gasteiger partial charge in [0.25, 0.3) is 5.91 Å². The summed E-state index contributed by atoms with van der Waals surface area (Å²) in [7, 11) is 0. The lowest BCUT2D eigenvalue weighted by Gasteiger charge is -2.35. The topological polar surface area (TPSA) is 70.6 Å². The fraction of sp³-hybridized carbons (Fsp3) is 0.261. The monoisotopic (exact) mass is 437 g/mol. The van der Waals surface area contributed by atoms with E-state index in [1.165, 1.54) is 11.9 Å². The molecule has 4 rings (SSSR count). The van der Waals surface area contributed by atoms with Crippen LogP contribution in [-0.2, 0) is 11.3 Å². The summed E-state index contributed by atoms with van der Waals surface area (Å²) < 4.78 is 5.47. The molecule has 2 heterocycles. The van der Waals surface area contributed by atoms with Crippen molar-refractivity contribution in [1.29, 1.82) is 0 Å². The first-order chi connectivity index (χ1) is 15.2. The lowest BCUT2D eigenvalue weighted by atomic mass is 10.2. The summed E-state index contributed by atoms with van der Waals surface area (Å²) in [5, 5.41) is 3.22. The lowest BCUT2D eigenvalue weighted by molar-refractivity contribution is -0.118. The van der Waals surface area contributed by atoms with Crippen LogP contribution in [0.15, 0.2) is 67.0 Å². The molecular weight excluding hydrogens is 414 g/mol. The highest BCUT2D eigenvalue weighted by molar-refractivity contribution is 6.32. The fourth-order valence-electron chi connectivity index (χ4n) is 3.45. The molecule has 1 amide bonds. The molecule has 0 saturated carbocycles. The number of benzene rings is 2. The average Bonchev–Trinajstić information content (AvgIpc) is 2.80. The molecule has 0 radical (unpaired) electrons. The van der Waals surface area contributed by atoms with Crippen LogP contribution < -0.4 is 15.0 Å². The molecule has 2 aromatic carbocycles. The third kappa shape index (κ3) is 5.93. The molecule has 7 nitrogen and oxygen atoms in total. The number of carbonyl (C=O) groups excluding carboxylic acids is 1. The molecule has 0 spiro atoms. The van der Waals surface area contributed by atoms with E-state index in [4.69, 9.17) is 16.3 Å². The van der Waals surface area contributed by atoms with Crippen LogP contribution in [0, 0.1) is 0 Å². The number of halogens is 1. The Morgan fingerprint density at radius 3 is 2.52 bits per heavy atom. The van der Waals surface area contributed by atoms with Crippen LogP contribution in [-0.4, -0.2) is 53.6 Å². The number of nitrogens with zero attached hydrogens (tertiary/aromatic N) is 4. The number of nitrogens with one attached hydrogen (secondary N) is 1. The number of aromatic nitrogens is 2. The van der Waals surface area contributed by atoms with Crippen molar-refractivity contribution in [3.63, 3.8) is 0 Å². The van der Waals surface area contributed by atoms with Gasteiger partial charge in [-0.25, -0.2) is 9.97 Å². The van der Waals surface area contributed by atoms with Crippen molar-refractivity contribution >= 4 is 29.1 Å². The number of hydrogen-bond acceptors (Lipinski definition) is 6. The predicted molar refractivity (Wildman–Crippen MR) is 122 cm³/mol. The van der Waals surface area contributed by atoms with E-state index in [9.17, 15) is 4.79 Å². The molecule has 1 aliphatic rings. The number of piperazine rings is 1. The Kier molecular flexibility index (Phi) is 6.96. The Bertz CT molecular complexity index is 1010. The van der Waals surface area contributed by atoms with Gasteiger partial charge in [0.1, 0.15) is 23.7 Å². The van der Waals surface area contributed by atoms with E-state index in [1.54, 1.807) is 30.3 Å². The average molecular weight is 438 g/mol. The summed E-state index contributed by atoms with van der Waals surface area (Å²) in [6.07, 6.45) is 1.47. The number of hydrogen-bond donors (Lipinski definition) is 1. The third-order valence-electron chi connectivity index (χ3n) is 5.06. The number of anilines is 2. The summed E-state index contributed by atoms with van der Waals surface area (Å²) in [6.45, 7) is 4.44. The van der Waals surface area contributed by atoms with Crippen LogP contribution in [0.3, 0.4) is 0 Å². The Hall–Kier alpha value is -3.16. The summed E-state index contributed by atoms with van der Waals surface area (Å²) in [6, 6.07) is 19.3. The molecule has 1 N–H and O–H groups in total. The van der Waals surface area contributed by atoms with Crippen molar-refractivity contribution in [2.24, 2.45) is 0 Å². The summed E-state index contributed by atoms with van der Waals surface area (Å²) in [5.41, 5.74) is 1.32. The standard InChI is InChI=1S/C23H24ClN5O2/c24-19-8-4-5-9-20(19)31-16-23(30)27-21-14-22(26-17-25-21)29-12-10-28(11-13-29)15-18-6-2-1-3-7-18/h1-9,14,17H,10-13,15-16H2,(H,25,26,27,30). The van der Waals surface area contributed by atoms with Gasteiger partial charge in [-0.3, -0.25) is 9.69 Å². The van der Waals surface area contributed by atoms with Gasteiger partial charge in [0.05, 0.1) is 5.02 Å². The van der Waals surface area contributed by atoms with Crippen molar-refractivity contribution < 1.29 is 9.53 Å². The maximum absolute atomic E-state index is 12.2. The van der Waals surface area contributed by atoms with Crippen molar-refractivity contribution in [2.75, 3.05) is 43.0 Å². The molecule has 1 aliphatic heterocycles. The van der Waals surface area contributed by atoms with Crippen LogP contribution in [0.4, 0.5) is 11.6 Å². The number of carbonyl (C=O) groups is 1. The Balaban J connectivity index is 1.28. The van der Waals surface area contributed by atoms with E-state index in [2.05, 4.69) is 49.4 Å². The largest absolute Gasteiger partial charge is 0.482 e. The first-order valence-electron chi connectivity index (χ1n) is 10.2. The molecule has 0 aliphatic carbocycles. The number of para-hydroxylation sites is 1. The van der Waals surface area contributed by atoms with Crippen molar-refractivity contribution in [3.8, 4) is 5.75 Å². The zero-order chi connectivity index (χ0) is 21.5. The minimum Gasteiger partial charge on any atom is -0.482 e. The van der Waals surface area contributed by atoms with E-state index in [0.717, 1.165) is 38.5 Å². The molecule has 1 aromatic heterocycles. The van der Waals surface area contributed by atoms with E-state index < -0.39 is 0 Å². The quantitative estimate of drug-likeness (QED) is 0.610. The Labute approximate surface area is 186 Å². The molecule has 0 bridgehead atoms. The molecule has 8 heteroatoms. The first kappa shape index (κ1) is 21.1. The van der Waals surface area contributed by atoms with Gasteiger partial charge in [-0.2, -0.15) is 0 Å². The molecule has 3 aromatic rings. The van der Waals surface area contributed by atoms with Gasteiger partial charge >= 0.3 is 0 Å². The fourth-order valence-corrected chi connectivity index (χ4v) is 3.64. The number of amides is 1. The maximum atomic E-state index is 12.2. The minimum atomic E-state index is -0.308. The van der Waals surface area contributed by atoms with Crippen molar-refractivity contribution in [2.45, 2.75) is 6.54 Å². The Morgan fingerprint density at radius 1 is 1.00 bits per heavy atom. The van der Waals surface area contributed by atoms with Gasteiger partial charge < -0.3 is 15.0 Å². The van der Waals surface area contributed by atoms with Gasteiger partial charge in [-0.15, -0.1) is 0 Å². The third-order valence-corrected chi connectivity index (χ3v) is 5.37. The van der Waals surface area contributed by atoms with Crippen molar-refractivity contribution in [1.82, 2.24) is 14.9 Å². The van der Waals surface area contributed by atoms with Crippen LogP contribution >= 0.6 is 11.6 Å². The Morgan fingerprint density at radius 2 is 1.74 bits per heavy atom. The molecule has 1 saturated heterocycles. The minimum absolute atomic E-state index is 0.152. The van der Waals surface area contributed by atoms with E-state index in [1.807, 2.05) is 6.07 Å². The van der Waals surface area contributed by atoms with Crippen molar-refractivity contribution in [3.05, 3.63) is 77.6 Å². The van der Waals surface area contributed by atoms with Crippen LogP contribution in [0.2, 0.25) is 5.02 Å². The van der Waals surface area contributed by atoms with Gasteiger partial charge in [0, 0.05) is 38.8 Å². The number of rotatable bonds is 7. The molecule has 160 valence electrons. The van der Waals surface area contributed by atoms with E-state index in [0.29, 0.717) is 16.6 Å². The normalized spacial score (nSPS) is 14.3. The van der Waals surface area contributed by atoms with Gasteiger partial charge in [-0.1, -0.05) is 54.1 Å². The second-order valence-corrected chi connectivity index (χ2v) is 7.68. The molecule has 0 atom stereocenters.